The van der Waals surface area contributed by atoms with Crippen LogP contribution < -0.4 is 10.6 Å². The van der Waals surface area contributed by atoms with Crippen molar-refractivity contribution >= 4 is 23.4 Å². The molecule has 1 saturated heterocycles. The average molecular weight is 298 g/mol. The minimum absolute atomic E-state index is 0.0376. The largest absolute Gasteiger partial charge is 0.508 e. The first-order chi connectivity index (χ1) is 9.54. The number of piperazine rings is 1. The topological polar surface area (TPSA) is 81.7 Å². The Hall–Kier alpha value is -1.79. The molecule has 0 aromatic heterocycles. The summed E-state index contributed by atoms with van der Waals surface area (Å²) in [7, 11) is 1.53. The number of amides is 2. The monoisotopic (exact) mass is 297 g/mol. The van der Waals surface area contributed by atoms with E-state index in [2.05, 4.69) is 10.6 Å². The van der Waals surface area contributed by atoms with Gasteiger partial charge in [-0.25, -0.2) is 0 Å². The van der Waals surface area contributed by atoms with Crippen LogP contribution in [-0.2, 0) is 4.79 Å². The molecule has 1 aromatic rings. The third-order valence-corrected chi connectivity index (χ3v) is 3.56. The van der Waals surface area contributed by atoms with Gasteiger partial charge in [0.25, 0.3) is 5.91 Å². The van der Waals surface area contributed by atoms with E-state index in [0.717, 1.165) is 0 Å². The number of hydrogen-bond acceptors (Lipinski definition) is 4. The van der Waals surface area contributed by atoms with Gasteiger partial charge >= 0.3 is 0 Å². The SMILES string of the molecule is CNC(=O)C1CNCCN1C(=O)c1cc(O)ccc1Cl. The molecule has 0 saturated carbocycles. The number of hydrogen-bond donors (Lipinski definition) is 3. The molecule has 1 heterocycles. The first-order valence-electron chi connectivity index (χ1n) is 6.26. The lowest BCUT2D eigenvalue weighted by Crippen LogP contribution is -2.59. The van der Waals surface area contributed by atoms with Gasteiger partial charge in [-0.1, -0.05) is 11.6 Å². The van der Waals surface area contributed by atoms with Gasteiger partial charge in [0.15, 0.2) is 0 Å². The molecule has 3 N–H and O–H groups in total. The molecule has 2 amide bonds. The van der Waals surface area contributed by atoms with E-state index in [1.165, 1.54) is 30.1 Å². The van der Waals surface area contributed by atoms with Crippen LogP contribution in [0.4, 0.5) is 0 Å². The summed E-state index contributed by atoms with van der Waals surface area (Å²) in [5.41, 5.74) is 0.197. The Morgan fingerprint density at radius 1 is 1.50 bits per heavy atom. The van der Waals surface area contributed by atoms with Crippen molar-refractivity contribution in [3.63, 3.8) is 0 Å². The van der Waals surface area contributed by atoms with Crippen molar-refractivity contribution in [3.05, 3.63) is 28.8 Å². The summed E-state index contributed by atoms with van der Waals surface area (Å²) in [6.45, 7) is 1.40. The minimum Gasteiger partial charge on any atom is -0.508 e. The Morgan fingerprint density at radius 2 is 2.25 bits per heavy atom. The second-order valence-electron chi connectivity index (χ2n) is 4.50. The number of carbonyl (C=O) groups excluding carboxylic acids is 2. The van der Waals surface area contributed by atoms with Crippen LogP contribution in [0, 0.1) is 0 Å². The van der Waals surface area contributed by atoms with Gasteiger partial charge in [0.1, 0.15) is 11.8 Å². The summed E-state index contributed by atoms with van der Waals surface area (Å²) >= 11 is 6.00. The highest BCUT2D eigenvalue weighted by Gasteiger charge is 2.32. The summed E-state index contributed by atoms with van der Waals surface area (Å²) < 4.78 is 0. The smallest absolute Gasteiger partial charge is 0.256 e. The van der Waals surface area contributed by atoms with E-state index in [4.69, 9.17) is 11.6 Å². The maximum atomic E-state index is 12.5. The van der Waals surface area contributed by atoms with Crippen molar-refractivity contribution in [2.75, 3.05) is 26.7 Å². The number of nitrogens with one attached hydrogen (secondary N) is 2. The molecular formula is C13H16ClN3O3. The fourth-order valence-electron chi connectivity index (χ4n) is 2.18. The Balaban J connectivity index is 2.30. The van der Waals surface area contributed by atoms with E-state index in [-0.39, 0.29) is 28.1 Å². The summed E-state index contributed by atoms with van der Waals surface area (Å²) in [5.74, 6) is -0.632. The number of benzene rings is 1. The van der Waals surface area contributed by atoms with E-state index in [0.29, 0.717) is 19.6 Å². The molecule has 1 aliphatic rings. The number of halogens is 1. The first-order valence-corrected chi connectivity index (χ1v) is 6.64. The Labute approximate surface area is 121 Å². The summed E-state index contributed by atoms with van der Waals surface area (Å²) in [5, 5.41) is 15.4. The van der Waals surface area contributed by atoms with Crippen LogP contribution in [0.3, 0.4) is 0 Å². The molecule has 1 aliphatic heterocycles. The Morgan fingerprint density at radius 3 is 2.95 bits per heavy atom. The van der Waals surface area contributed by atoms with Crippen LogP contribution >= 0.6 is 11.6 Å². The second-order valence-corrected chi connectivity index (χ2v) is 4.90. The zero-order chi connectivity index (χ0) is 14.7. The van der Waals surface area contributed by atoms with Crippen LogP contribution in [0.25, 0.3) is 0 Å². The van der Waals surface area contributed by atoms with Crippen LogP contribution in [0.5, 0.6) is 5.75 Å². The van der Waals surface area contributed by atoms with E-state index in [1.807, 2.05) is 0 Å². The maximum absolute atomic E-state index is 12.5. The van der Waals surface area contributed by atoms with Gasteiger partial charge in [-0.15, -0.1) is 0 Å². The van der Waals surface area contributed by atoms with Crippen molar-refractivity contribution in [1.29, 1.82) is 0 Å². The molecule has 0 aliphatic carbocycles. The van der Waals surface area contributed by atoms with Crippen LogP contribution in [0.15, 0.2) is 18.2 Å². The van der Waals surface area contributed by atoms with Crippen molar-refractivity contribution in [1.82, 2.24) is 15.5 Å². The molecule has 0 radical (unpaired) electrons. The maximum Gasteiger partial charge on any atom is 0.256 e. The standard InChI is InChI=1S/C13H16ClN3O3/c1-15-12(19)11-7-16-4-5-17(11)13(20)9-6-8(18)2-3-10(9)14/h2-3,6,11,16,18H,4-5,7H2,1H3,(H,15,19). The fourth-order valence-corrected chi connectivity index (χ4v) is 2.38. The third-order valence-electron chi connectivity index (χ3n) is 3.23. The number of phenolic OH excluding ortho intramolecular Hbond substituents is 1. The molecule has 2 rings (SSSR count). The molecule has 1 atom stereocenters. The van der Waals surface area contributed by atoms with Crippen LogP contribution in [-0.4, -0.2) is 54.5 Å². The molecule has 1 fully saturated rings. The fraction of sp³-hybridized carbons (Fsp3) is 0.385. The van der Waals surface area contributed by atoms with E-state index in [9.17, 15) is 14.7 Å². The van der Waals surface area contributed by atoms with Gasteiger partial charge in [0.2, 0.25) is 5.91 Å². The minimum atomic E-state index is -0.584. The Bertz CT molecular complexity index is 536. The van der Waals surface area contributed by atoms with Crippen molar-refractivity contribution in [2.24, 2.45) is 0 Å². The molecule has 0 bridgehead atoms. The number of likely N-dealkylation sites (N-methyl/N-ethyl adjacent to an activating group) is 1. The summed E-state index contributed by atoms with van der Waals surface area (Å²) in [4.78, 5) is 25.8. The van der Waals surface area contributed by atoms with Crippen molar-refractivity contribution in [2.45, 2.75) is 6.04 Å². The number of rotatable bonds is 2. The zero-order valence-electron chi connectivity index (χ0n) is 11.0. The molecule has 1 unspecified atom stereocenters. The molecule has 0 spiro atoms. The highest BCUT2D eigenvalue weighted by atomic mass is 35.5. The summed E-state index contributed by atoms with van der Waals surface area (Å²) in [6, 6.07) is 3.60. The lowest BCUT2D eigenvalue weighted by molar-refractivity contribution is -0.125. The van der Waals surface area contributed by atoms with Crippen LogP contribution in [0.2, 0.25) is 5.02 Å². The average Bonchev–Trinajstić information content (AvgIpc) is 2.48. The summed E-state index contributed by atoms with van der Waals surface area (Å²) in [6.07, 6.45) is 0. The number of nitrogens with zero attached hydrogens (tertiary/aromatic N) is 1. The van der Waals surface area contributed by atoms with E-state index < -0.39 is 6.04 Å². The molecule has 7 heteroatoms. The molecule has 108 valence electrons. The lowest BCUT2D eigenvalue weighted by atomic mass is 10.1. The zero-order valence-corrected chi connectivity index (χ0v) is 11.8. The van der Waals surface area contributed by atoms with E-state index >= 15 is 0 Å². The van der Waals surface area contributed by atoms with Gasteiger partial charge in [-0.05, 0) is 18.2 Å². The lowest BCUT2D eigenvalue weighted by Gasteiger charge is -2.35. The third kappa shape index (κ3) is 2.86. The quantitative estimate of drug-likeness (QED) is 0.729. The predicted octanol–water partition coefficient (Wildman–Crippen LogP) is 0.206. The number of phenols is 1. The van der Waals surface area contributed by atoms with Gasteiger partial charge in [-0.2, -0.15) is 0 Å². The van der Waals surface area contributed by atoms with Gasteiger partial charge in [0.05, 0.1) is 10.6 Å². The normalized spacial score (nSPS) is 18.7. The number of carbonyl (C=O) groups is 2. The molecule has 20 heavy (non-hydrogen) atoms. The van der Waals surface area contributed by atoms with Gasteiger partial charge < -0.3 is 20.6 Å². The van der Waals surface area contributed by atoms with Gasteiger partial charge in [0, 0.05) is 26.7 Å². The molecular weight excluding hydrogens is 282 g/mol. The number of aromatic hydroxyl groups is 1. The van der Waals surface area contributed by atoms with E-state index in [1.54, 1.807) is 0 Å². The van der Waals surface area contributed by atoms with Gasteiger partial charge in [-0.3, -0.25) is 9.59 Å². The van der Waals surface area contributed by atoms with Crippen molar-refractivity contribution in [3.8, 4) is 5.75 Å². The molecule has 6 nitrogen and oxygen atoms in total. The highest BCUT2D eigenvalue weighted by molar-refractivity contribution is 6.34. The van der Waals surface area contributed by atoms with Crippen molar-refractivity contribution < 1.29 is 14.7 Å². The highest BCUT2D eigenvalue weighted by Crippen LogP contribution is 2.23. The Kier molecular flexibility index (Phi) is 4.46. The predicted molar refractivity (Wildman–Crippen MR) is 74.9 cm³/mol. The first kappa shape index (κ1) is 14.6. The van der Waals surface area contributed by atoms with Crippen LogP contribution in [0.1, 0.15) is 10.4 Å². The second kappa shape index (κ2) is 6.11. The molecule has 1 aromatic carbocycles.